The summed E-state index contributed by atoms with van der Waals surface area (Å²) in [5.41, 5.74) is 3.86. The van der Waals surface area contributed by atoms with Gasteiger partial charge >= 0.3 is 6.61 Å². The van der Waals surface area contributed by atoms with Gasteiger partial charge in [-0.15, -0.1) is 0 Å². The zero-order valence-electron chi connectivity index (χ0n) is 19.8. The monoisotopic (exact) mass is 478 g/mol. The molecule has 0 bridgehead atoms. The molecule has 1 heterocycles. The summed E-state index contributed by atoms with van der Waals surface area (Å²) in [6.45, 7) is -0.674. The van der Waals surface area contributed by atoms with Crippen LogP contribution in [0, 0.1) is 5.82 Å². The topological polar surface area (TPSA) is 35.0 Å². The number of ether oxygens (including phenoxy) is 1. The number of nitrogens with zero attached hydrogens (tertiary/aromatic N) is 2. The minimum Gasteiger partial charge on any atom is -0.435 e. The first-order valence-electron chi connectivity index (χ1n) is 12.1. The summed E-state index contributed by atoms with van der Waals surface area (Å²) in [6.07, 6.45) is 9.79. The van der Waals surface area contributed by atoms with Crippen molar-refractivity contribution < 1.29 is 17.9 Å². The molecule has 0 aliphatic rings. The van der Waals surface area contributed by atoms with E-state index in [1.54, 1.807) is 12.1 Å². The van der Waals surface area contributed by atoms with Crippen LogP contribution >= 0.6 is 0 Å². The van der Waals surface area contributed by atoms with Crippen LogP contribution in [-0.2, 0) is 32.1 Å². The highest BCUT2D eigenvalue weighted by Gasteiger charge is 2.10. The summed E-state index contributed by atoms with van der Waals surface area (Å²) in [7, 11) is 0. The average molecular weight is 479 g/mol. The van der Waals surface area contributed by atoms with Gasteiger partial charge in [0.05, 0.1) is 0 Å². The van der Waals surface area contributed by atoms with Crippen LogP contribution in [0.3, 0.4) is 0 Å². The molecule has 0 atom stereocenters. The van der Waals surface area contributed by atoms with Crippen molar-refractivity contribution in [1.29, 1.82) is 0 Å². The summed E-state index contributed by atoms with van der Waals surface area (Å²) in [5.74, 6) is 0.727. The second kappa shape index (κ2) is 11.8. The minimum absolute atomic E-state index is 0.118. The molecule has 35 heavy (non-hydrogen) atoms. The van der Waals surface area contributed by atoms with Gasteiger partial charge in [0.2, 0.25) is 0 Å². The Hall–Kier alpha value is -3.41. The van der Waals surface area contributed by atoms with Crippen molar-refractivity contribution in [2.45, 2.75) is 58.5 Å². The zero-order chi connectivity index (χ0) is 24.6. The largest absolute Gasteiger partial charge is 0.435 e. The number of hydrogen-bond donors (Lipinski definition) is 0. The second-order valence-corrected chi connectivity index (χ2v) is 8.73. The van der Waals surface area contributed by atoms with Crippen LogP contribution in [0.25, 0.3) is 10.8 Å². The number of aromatic nitrogens is 2. The lowest BCUT2D eigenvalue weighted by Crippen LogP contribution is -2.02. The van der Waals surface area contributed by atoms with Crippen molar-refractivity contribution in [3.05, 3.63) is 101 Å². The Balaban J connectivity index is 1.37. The molecule has 1 aromatic heterocycles. The fourth-order valence-electron chi connectivity index (χ4n) is 4.13. The molecule has 0 aliphatic carbocycles. The minimum atomic E-state index is -2.84. The quantitative estimate of drug-likeness (QED) is 0.227. The maximum absolute atomic E-state index is 15.2. The molecule has 4 aromatic rings. The zero-order valence-corrected chi connectivity index (χ0v) is 19.8. The van der Waals surface area contributed by atoms with Gasteiger partial charge < -0.3 is 4.74 Å². The first-order chi connectivity index (χ1) is 17.0. The van der Waals surface area contributed by atoms with E-state index in [0.29, 0.717) is 23.8 Å². The third-order valence-electron chi connectivity index (χ3n) is 6.15. The molecule has 3 aromatic carbocycles. The smallest absolute Gasteiger partial charge is 0.387 e. The van der Waals surface area contributed by atoms with Crippen molar-refractivity contribution in [1.82, 2.24) is 9.97 Å². The van der Waals surface area contributed by atoms with Gasteiger partial charge in [-0.3, -0.25) is 0 Å². The Morgan fingerprint density at radius 3 is 2.20 bits per heavy atom. The number of unbranched alkanes of at least 4 members (excludes halogenated alkanes) is 1. The predicted molar refractivity (Wildman–Crippen MR) is 132 cm³/mol. The van der Waals surface area contributed by atoms with Crippen molar-refractivity contribution in [2.24, 2.45) is 0 Å². The van der Waals surface area contributed by atoms with Crippen LogP contribution in [0.1, 0.15) is 47.8 Å². The van der Waals surface area contributed by atoms with Gasteiger partial charge in [-0.25, -0.2) is 14.4 Å². The summed E-state index contributed by atoms with van der Waals surface area (Å²) >= 11 is 0. The molecule has 0 fully saturated rings. The highest BCUT2D eigenvalue weighted by Crippen LogP contribution is 2.25. The van der Waals surface area contributed by atoms with Crippen LogP contribution in [0.4, 0.5) is 13.2 Å². The molecule has 0 aliphatic heterocycles. The molecule has 6 heteroatoms. The van der Waals surface area contributed by atoms with E-state index in [4.69, 9.17) is 0 Å². The lowest BCUT2D eigenvalue weighted by Gasteiger charge is -2.10. The third kappa shape index (κ3) is 6.81. The van der Waals surface area contributed by atoms with Crippen LogP contribution < -0.4 is 4.74 Å². The van der Waals surface area contributed by atoms with Crippen molar-refractivity contribution in [3.63, 3.8) is 0 Å². The number of benzene rings is 3. The molecule has 0 N–H and O–H groups in total. The SMILES string of the molecule is CCCCc1cnc(CCc2ccc3c(F)c(CCc4ccc(OC(F)F)cc4)ccc3c2)nc1. The molecule has 0 radical (unpaired) electrons. The second-order valence-electron chi connectivity index (χ2n) is 8.73. The molecule has 0 unspecified atom stereocenters. The third-order valence-corrected chi connectivity index (χ3v) is 6.15. The van der Waals surface area contributed by atoms with Crippen LogP contribution in [0.5, 0.6) is 5.75 Å². The van der Waals surface area contributed by atoms with Gasteiger partial charge in [-0.2, -0.15) is 8.78 Å². The van der Waals surface area contributed by atoms with E-state index in [-0.39, 0.29) is 11.6 Å². The maximum Gasteiger partial charge on any atom is 0.387 e. The van der Waals surface area contributed by atoms with Gasteiger partial charge in [0.15, 0.2) is 0 Å². The summed E-state index contributed by atoms with van der Waals surface area (Å²) in [5, 5.41) is 1.47. The summed E-state index contributed by atoms with van der Waals surface area (Å²) in [6, 6.07) is 16.1. The van der Waals surface area contributed by atoms with Crippen LogP contribution in [0.2, 0.25) is 0 Å². The Bertz CT molecular complexity index is 1240. The Morgan fingerprint density at radius 1 is 0.771 bits per heavy atom. The molecule has 0 amide bonds. The fraction of sp³-hybridized carbons (Fsp3) is 0.310. The molecule has 0 saturated heterocycles. The maximum atomic E-state index is 15.2. The first-order valence-corrected chi connectivity index (χ1v) is 12.1. The van der Waals surface area contributed by atoms with E-state index >= 15 is 4.39 Å². The summed E-state index contributed by atoms with van der Waals surface area (Å²) in [4.78, 5) is 8.97. The van der Waals surface area contributed by atoms with E-state index in [0.717, 1.165) is 54.4 Å². The van der Waals surface area contributed by atoms with Crippen LogP contribution in [0.15, 0.2) is 67.0 Å². The van der Waals surface area contributed by atoms with Gasteiger partial charge in [-0.1, -0.05) is 55.8 Å². The molecular weight excluding hydrogens is 449 g/mol. The fourth-order valence-corrected chi connectivity index (χ4v) is 4.13. The van der Waals surface area contributed by atoms with E-state index in [1.807, 2.05) is 42.7 Å². The first kappa shape index (κ1) is 24.7. The molecule has 3 nitrogen and oxygen atoms in total. The highest BCUT2D eigenvalue weighted by atomic mass is 19.3. The standard InChI is InChI=1S/C29H29F3N2O/c1-2-3-4-22-18-33-27(34-19-22)16-9-21-8-15-26-24(17-21)12-11-23(28(26)30)10-5-20-6-13-25(14-7-20)35-29(31)32/h6-8,11-15,17-19,29H,2-5,9-10,16H2,1H3. The lowest BCUT2D eigenvalue weighted by molar-refractivity contribution is -0.0498. The van der Waals surface area contributed by atoms with Gasteiger partial charge in [0.1, 0.15) is 17.4 Å². The van der Waals surface area contributed by atoms with E-state index in [1.165, 1.54) is 17.7 Å². The normalized spacial score (nSPS) is 11.3. The van der Waals surface area contributed by atoms with E-state index in [2.05, 4.69) is 21.6 Å². The Morgan fingerprint density at radius 2 is 1.49 bits per heavy atom. The Kier molecular flexibility index (Phi) is 8.35. The molecule has 0 saturated carbocycles. The lowest BCUT2D eigenvalue weighted by atomic mass is 9.98. The number of rotatable bonds is 11. The van der Waals surface area contributed by atoms with Crippen LogP contribution in [-0.4, -0.2) is 16.6 Å². The van der Waals surface area contributed by atoms with Gasteiger partial charge in [-0.05, 0) is 71.9 Å². The number of hydrogen-bond acceptors (Lipinski definition) is 3. The molecule has 0 spiro atoms. The van der Waals surface area contributed by atoms with E-state index < -0.39 is 6.61 Å². The number of fused-ring (bicyclic) bond motifs is 1. The molecule has 4 rings (SSSR count). The molecular formula is C29H29F3N2O. The van der Waals surface area contributed by atoms with Crippen molar-refractivity contribution in [3.8, 4) is 5.75 Å². The van der Waals surface area contributed by atoms with E-state index in [9.17, 15) is 8.78 Å². The highest BCUT2D eigenvalue weighted by molar-refractivity contribution is 5.84. The number of aryl methyl sites for hydroxylation is 5. The number of alkyl halides is 2. The number of halogens is 3. The predicted octanol–water partition coefficient (Wildman–Crippen LogP) is 7.28. The van der Waals surface area contributed by atoms with Gasteiger partial charge in [0, 0.05) is 24.2 Å². The Labute approximate surface area is 204 Å². The average Bonchev–Trinajstić information content (AvgIpc) is 2.87. The van der Waals surface area contributed by atoms with Crippen molar-refractivity contribution in [2.75, 3.05) is 0 Å². The van der Waals surface area contributed by atoms with Crippen molar-refractivity contribution >= 4 is 10.8 Å². The molecule has 182 valence electrons. The van der Waals surface area contributed by atoms with Gasteiger partial charge in [0.25, 0.3) is 0 Å². The summed E-state index contributed by atoms with van der Waals surface area (Å²) < 4.78 is 44.1.